The zero-order valence-electron chi connectivity index (χ0n) is 9.85. The van der Waals surface area contributed by atoms with Crippen LogP contribution in [0.1, 0.15) is 19.3 Å². The molecule has 0 amide bonds. The van der Waals surface area contributed by atoms with E-state index < -0.39 is 0 Å². The van der Waals surface area contributed by atoms with Crippen LogP contribution in [0.4, 0.5) is 5.13 Å². The minimum absolute atomic E-state index is 0.418. The van der Waals surface area contributed by atoms with Crippen LogP contribution in [0.15, 0.2) is 24.3 Å². The van der Waals surface area contributed by atoms with Crippen molar-refractivity contribution in [2.45, 2.75) is 31.4 Å². The van der Waals surface area contributed by atoms with Gasteiger partial charge in [-0.15, -0.1) is 0 Å². The number of rotatable bonds is 3. The van der Waals surface area contributed by atoms with E-state index >= 15 is 0 Å². The minimum Gasteiger partial charge on any atom is -0.381 e. The summed E-state index contributed by atoms with van der Waals surface area (Å²) < 4.78 is 6.63. The van der Waals surface area contributed by atoms with E-state index in [-0.39, 0.29) is 0 Å². The van der Waals surface area contributed by atoms with Crippen LogP contribution in [0.3, 0.4) is 0 Å². The predicted molar refractivity (Wildman–Crippen MR) is 71.7 cm³/mol. The van der Waals surface area contributed by atoms with Gasteiger partial charge in [-0.3, -0.25) is 0 Å². The molecule has 1 aliphatic rings. The lowest BCUT2D eigenvalue weighted by molar-refractivity contribution is 0.108. The number of hydrogen-bond acceptors (Lipinski definition) is 4. The molecular formula is C13H16N2OS. The van der Waals surface area contributed by atoms with Gasteiger partial charge in [0.25, 0.3) is 0 Å². The Kier molecular flexibility index (Phi) is 2.99. The van der Waals surface area contributed by atoms with Gasteiger partial charge in [-0.05, 0) is 31.4 Å². The second kappa shape index (κ2) is 4.63. The first-order valence-corrected chi connectivity index (χ1v) is 6.81. The fourth-order valence-electron chi connectivity index (χ4n) is 2.39. The van der Waals surface area contributed by atoms with Crippen molar-refractivity contribution < 1.29 is 4.74 Å². The third-order valence-electron chi connectivity index (χ3n) is 3.34. The Morgan fingerprint density at radius 1 is 1.35 bits per heavy atom. The summed E-state index contributed by atoms with van der Waals surface area (Å²) in [6, 6.07) is 8.78. The summed E-state index contributed by atoms with van der Waals surface area (Å²) in [4.78, 5) is 4.59. The van der Waals surface area contributed by atoms with Crippen LogP contribution >= 0.6 is 11.3 Å². The number of methoxy groups -OCH3 is 1. The summed E-state index contributed by atoms with van der Waals surface area (Å²) in [7, 11) is 1.80. The van der Waals surface area contributed by atoms with Crippen LogP contribution < -0.4 is 5.32 Å². The van der Waals surface area contributed by atoms with Crippen molar-refractivity contribution in [2.75, 3.05) is 12.4 Å². The molecule has 0 bridgehead atoms. The van der Waals surface area contributed by atoms with Crippen molar-refractivity contribution in [3.05, 3.63) is 24.3 Å². The quantitative estimate of drug-likeness (QED) is 0.905. The first-order chi connectivity index (χ1) is 8.35. The summed E-state index contributed by atoms with van der Waals surface area (Å²) in [5.74, 6) is 0. The molecule has 1 aliphatic carbocycles. The Morgan fingerprint density at radius 2 is 2.24 bits per heavy atom. The van der Waals surface area contributed by atoms with Gasteiger partial charge in [-0.1, -0.05) is 23.5 Å². The lowest BCUT2D eigenvalue weighted by Crippen LogP contribution is -2.16. The van der Waals surface area contributed by atoms with Gasteiger partial charge in [0.05, 0.1) is 16.3 Å². The summed E-state index contributed by atoms with van der Waals surface area (Å²) in [5.41, 5.74) is 1.08. The number of ether oxygens (including phenoxy) is 1. The lowest BCUT2D eigenvalue weighted by Gasteiger charge is -2.11. The highest BCUT2D eigenvalue weighted by molar-refractivity contribution is 7.22. The Morgan fingerprint density at radius 3 is 3.00 bits per heavy atom. The molecule has 0 spiro atoms. The van der Waals surface area contributed by atoms with Crippen molar-refractivity contribution in [2.24, 2.45) is 0 Å². The predicted octanol–water partition coefficient (Wildman–Crippen LogP) is 3.28. The summed E-state index contributed by atoms with van der Waals surface area (Å²) in [6.07, 6.45) is 3.83. The van der Waals surface area contributed by atoms with Crippen molar-refractivity contribution in [1.82, 2.24) is 4.98 Å². The van der Waals surface area contributed by atoms with Gasteiger partial charge in [0.15, 0.2) is 5.13 Å². The van der Waals surface area contributed by atoms with Gasteiger partial charge in [-0.2, -0.15) is 0 Å². The number of fused-ring (bicyclic) bond motifs is 1. The smallest absolute Gasteiger partial charge is 0.184 e. The molecule has 1 fully saturated rings. The third kappa shape index (κ3) is 2.28. The SMILES string of the molecule is COC1CCC(Nc2nc3ccccc3s2)C1. The number of para-hydroxylation sites is 1. The largest absolute Gasteiger partial charge is 0.381 e. The van der Waals surface area contributed by atoms with Crippen molar-refractivity contribution in [1.29, 1.82) is 0 Å². The minimum atomic E-state index is 0.418. The first kappa shape index (κ1) is 11.0. The number of anilines is 1. The second-order valence-electron chi connectivity index (χ2n) is 4.50. The molecule has 1 N–H and O–H groups in total. The summed E-state index contributed by atoms with van der Waals surface area (Å²) in [5, 5.41) is 4.56. The van der Waals surface area contributed by atoms with Crippen LogP contribution in [0.25, 0.3) is 10.2 Å². The molecular weight excluding hydrogens is 232 g/mol. The van der Waals surface area contributed by atoms with E-state index in [1.165, 1.54) is 11.1 Å². The van der Waals surface area contributed by atoms with E-state index in [0.29, 0.717) is 12.1 Å². The van der Waals surface area contributed by atoms with Gasteiger partial charge in [0.2, 0.25) is 0 Å². The van der Waals surface area contributed by atoms with Crippen molar-refractivity contribution >= 4 is 26.7 Å². The zero-order valence-corrected chi connectivity index (χ0v) is 10.7. The third-order valence-corrected chi connectivity index (χ3v) is 4.31. The fraction of sp³-hybridized carbons (Fsp3) is 0.462. The van der Waals surface area contributed by atoms with E-state index in [9.17, 15) is 0 Å². The fourth-order valence-corrected chi connectivity index (χ4v) is 3.34. The zero-order chi connectivity index (χ0) is 11.7. The average molecular weight is 248 g/mol. The topological polar surface area (TPSA) is 34.1 Å². The molecule has 0 aliphatic heterocycles. The monoisotopic (exact) mass is 248 g/mol. The number of nitrogens with zero attached hydrogens (tertiary/aromatic N) is 1. The van der Waals surface area contributed by atoms with Crippen LogP contribution in [0, 0.1) is 0 Å². The molecule has 0 saturated heterocycles. The molecule has 3 nitrogen and oxygen atoms in total. The Bertz CT molecular complexity index is 478. The molecule has 3 rings (SSSR count). The maximum absolute atomic E-state index is 5.38. The Labute approximate surface area is 105 Å². The maximum atomic E-state index is 5.38. The maximum Gasteiger partial charge on any atom is 0.184 e. The number of thiazole rings is 1. The second-order valence-corrected chi connectivity index (χ2v) is 5.53. The molecule has 1 aromatic carbocycles. The molecule has 0 radical (unpaired) electrons. The highest BCUT2D eigenvalue weighted by Gasteiger charge is 2.24. The molecule has 2 unspecified atom stereocenters. The van der Waals surface area contributed by atoms with Crippen LogP contribution in [0.2, 0.25) is 0 Å². The van der Waals surface area contributed by atoms with Crippen molar-refractivity contribution in [3.8, 4) is 0 Å². The Balaban J connectivity index is 1.73. The van der Waals surface area contributed by atoms with E-state index in [0.717, 1.165) is 23.5 Å². The number of hydrogen-bond donors (Lipinski definition) is 1. The molecule has 1 heterocycles. The lowest BCUT2D eigenvalue weighted by atomic mass is 10.2. The molecule has 2 atom stereocenters. The summed E-state index contributed by atoms with van der Waals surface area (Å²) in [6.45, 7) is 0. The van der Waals surface area contributed by atoms with E-state index in [1.54, 1.807) is 18.4 Å². The number of benzene rings is 1. The molecule has 17 heavy (non-hydrogen) atoms. The number of aromatic nitrogens is 1. The van der Waals surface area contributed by atoms with E-state index in [4.69, 9.17) is 4.74 Å². The summed E-state index contributed by atoms with van der Waals surface area (Å²) >= 11 is 1.73. The van der Waals surface area contributed by atoms with Crippen molar-refractivity contribution in [3.63, 3.8) is 0 Å². The van der Waals surface area contributed by atoms with Gasteiger partial charge >= 0.3 is 0 Å². The first-order valence-electron chi connectivity index (χ1n) is 6.00. The highest BCUT2D eigenvalue weighted by atomic mass is 32.1. The van der Waals surface area contributed by atoms with Crippen LogP contribution in [-0.2, 0) is 4.74 Å². The normalized spacial score (nSPS) is 24.3. The standard InChI is InChI=1S/C13H16N2OS/c1-16-10-7-6-9(8-10)14-13-15-11-4-2-3-5-12(11)17-13/h2-5,9-10H,6-8H2,1H3,(H,14,15). The van der Waals surface area contributed by atoms with E-state index in [1.807, 2.05) is 6.07 Å². The number of nitrogens with one attached hydrogen (secondary N) is 1. The van der Waals surface area contributed by atoms with Gasteiger partial charge < -0.3 is 10.1 Å². The van der Waals surface area contributed by atoms with Gasteiger partial charge in [-0.25, -0.2) is 4.98 Å². The molecule has 90 valence electrons. The van der Waals surface area contributed by atoms with Crippen LogP contribution in [0.5, 0.6) is 0 Å². The van der Waals surface area contributed by atoms with Gasteiger partial charge in [0, 0.05) is 13.2 Å². The molecule has 2 aromatic rings. The Hall–Kier alpha value is -1.13. The molecule has 1 saturated carbocycles. The van der Waals surface area contributed by atoms with Gasteiger partial charge in [0.1, 0.15) is 0 Å². The molecule has 4 heteroatoms. The van der Waals surface area contributed by atoms with E-state index in [2.05, 4.69) is 28.5 Å². The van der Waals surface area contributed by atoms with Crippen LogP contribution in [-0.4, -0.2) is 24.2 Å². The average Bonchev–Trinajstić information content (AvgIpc) is 2.94. The highest BCUT2D eigenvalue weighted by Crippen LogP contribution is 2.29. The molecule has 1 aromatic heterocycles.